The standard InChI is InChI=1S/C25H28N2O3S/c1-16-6-11-23(12-7-16)31(29,30)27-24-13-10-22(15-19(24)4)25(28)26-20(5)21-9-8-17(2)18(3)14-21/h6-15,20,27H,1-5H3,(H,26,28)/t20-/m1/s1. The Morgan fingerprint density at radius 2 is 1.48 bits per heavy atom. The Hall–Kier alpha value is -3.12. The minimum atomic E-state index is -3.70. The van der Waals surface area contributed by atoms with Crippen molar-refractivity contribution in [1.29, 1.82) is 0 Å². The first kappa shape index (κ1) is 22.6. The lowest BCUT2D eigenvalue weighted by atomic mass is 10.0. The van der Waals surface area contributed by atoms with Gasteiger partial charge in [0.05, 0.1) is 16.6 Å². The Morgan fingerprint density at radius 1 is 0.806 bits per heavy atom. The molecule has 0 saturated heterocycles. The molecule has 3 aromatic rings. The van der Waals surface area contributed by atoms with Crippen molar-refractivity contribution < 1.29 is 13.2 Å². The fourth-order valence-electron chi connectivity index (χ4n) is 3.24. The number of anilines is 1. The maximum absolute atomic E-state index is 12.7. The van der Waals surface area contributed by atoms with Crippen molar-refractivity contribution in [3.05, 3.63) is 94.0 Å². The highest BCUT2D eigenvalue weighted by Gasteiger charge is 2.17. The number of aryl methyl sites for hydroxylation is 4. The molecule has 0 aromatic heterocycles. The van der Waals surface area contributed by atoms with E-state index in [2.05, 4.69) is 23.0 Å². The number of hydrogen-bond donors (Lipinski definition) is 2. The molecule has 162 valence electrons. The van der Waals surface area contributed by atoms with Gasteiger partial charge in [0, 0.05) is 5.56 Å². The molecule has 5 nitrogen and oxygen atoms in total. The van der Waals surface area contributed by atoms with Crippen molar-refractivity contribution in [1.82, 2.24) is 5.32 Å². The fraction of sp³-hybridized carbons (Fsp3) is 0.240. The molecular formula is C25H28N2O3S. The molecule has 0 unspecified atom stereocenters. The van der Waals surface area contributed by atoms with Crippen LogP contribution in [-0.2, 0) is 10.0 Å². The molecule has 0 saturated carbocycles. The van der Waals surface area contributed by atoms with Crippen LogP contribution >= 0.6 is 0 Å². The molecule has 3 aromatic carbocycles. The Bertz CT molecular complexity index is 1220. The number of carbonyl (C=O) groups excluding carboxylic acids is 1. The van der Waals surface area contributed by atoms with Gasteiger partial charge < -0.3 is 5.32 Å². The molecule has 1 atom stereocenters. The summed E-state index contributed by atoms with van der Waals surface area (Å²) in [5.41, 5.74) is 6.00. The molecule has 0 heterocycles. The predicted octanol–water partition coefficient (Wildman–Crippen LogP) is 5.21. The van der Waals surface area contributed by atoms with E-state index in [1.165, 1.54) is 11.1 Å². The summed E-state index contributed by atoms with van der Waals surface area (Å²) in [6.07, 6.45) is 0. The minimum Gasteiger partial charge on any atom is -0.346 e. The zero-order chi connectivity index (χ0) is 22.8. The van der Waals surface area contributed by atoms with Crippen LogP contribution in [0.4, 0.5) is 5.69 Å². The van der Waals surface area contributed by atoms with E-state index in [-0.39, 0.29) is 16.8 Å². The van der Waals surface area contributed by atoms with Gasteiger partial charge in [-0.15, -0.1) is 0 Å². The van der Waals surface area contributed by atoms with Crippen molar-refractivity contribution >= 4 is 21.6 Å². The van der Waals surface area contributed by atoms with Gasteiger partial charge in [0.15, 0.2) is 0 Å². The summed E-state index contributed by atoms with van der Waals surface area (Å²) in [6, 6.07) is 17.6. The van der Waals surface area contributed by atoms with Crippen LogP contribution in [0.15, 0.2) is 65.6 Å². The van der Waals surface area contributed by atoms with Gasteiger partial charge in [0.1, 0.15) is 0 Å². The second-order valence-electron chi connectivity index (χ2n) is 7.99. The lowest BCUT2D eigenvalue weighted by molar-refractivity contribution is 0.0940. The third-order valence-electron chi connectivity index (χ3n) is 5.44. The first-order valence-electron chi connectivity index (χ1n) is 10.1. The van der Waals surface area contributed by atoms with Gasteiger partial charge in [-0.05, 0) is 87.2 Å². The molecule has 31 heavy (non-hydrogen) atoms. The third-order valence-corrected chi connectivity index (χ3v) is 6.82. The molecule has 0 aliphatic rings. The van der Waals surface area contributed by atoms with Crippen molar-refractivity contribution in [3.8, 4) is 0 Å². The first-order chi connectivity index (χ1) is 14.6. The Kier molecular flexibility index (Phi) is 6.51. The fourth-order valence-corrected chi connectivity index (χ4v) is 4.37. The predicted molar refractivity (Wildman–Crippen MR) is 125 cm³/mol. The average molecular weight is 437 g/mol. The molecule has 3 rings (SSSR count). The molecular weight excluding hydrogens is 408 g/mol. The van der Waals surface area contributed by atoms with Gasteiger partial charge in [-0.2, -0.15) is 0 Å². The second kappa shape index (κ2) is 8.94. The van der Waals surface area contributed by atoms with E-state index in [1.54, 1.807) is 49.4 Å². The van der Waals surface area contributed by atoms with Gasteiger partial charge in [-0.3, -0.25) is 9.52 Å². The molecule has 0 aliphatic carbocycles. The Labute approximate surface area is 184 Å². The van der Waals surface area contributed by atoms with Crippen LogP contribution in [0.1, 0.15) is 51.1 Å². The molecule has 6 heteroatoms. The number of nitrogens with one attached hydrogen (secondary N) is 2. The zero-order valence-electron chi connectivity index (χ0n) is 18.5. The van der Waals surface area contributed by atoms with E-state index < -0.39 is 10.0 Å². The maximum atomic E-state index is 12.7. The first-order valence-corrected chi connectivity index (χ1v) is 11.6. The van der Waals surface area contributed by atoms with Crippen LogP contribution < -0.4 is 10.0 Å². The van der Waals surface area contributed by atoms with E-state index in [0.717, 1.165) is 11.1 Å². The van der Waals surface area contributed by atoms with Crippen LogP contribution in [0.2, 0.25) is 0 Å². The van der Waals surface area contributed by atoms with E-state index in [4.69, 9.17) is 0 Å². The number of amides is 1. The number of sulfonamides is 1. The van der Waals surface area contributed by atoms with Crippen molar-refractivity contribution in [3.63, 3.8) is 0 Å². The monoisotopic (exact) mass is 436 g/mol. The number of hydrogen-bond acceptors (Lipinski definition) is 3. The van der Waals surface area contributed by atoms with Crippen molar-refractivity contribution in [2.45, 2.75) is 45.6 Å². The van der Waals surface area contributed by atoms with Gasteiger partial charge >= 0.3 is 0 Å². The zero-order valence-corrected chi connectivity index (χ0v) is 19.3. The number of carbonyl (C=O) groups is 1. The average Bonchev–Trinajstić information content (AvgIpc) is 2.71. The van der Waals surface area contributed by atoms with Crippen molar-refractivity contribution in [2.75, 3.05) is 4.72 Å². The van der Waals surface area contributed by atoms with E-state index in [9.17, 15) is 13.2 Å². The Balaban J connectivity index is 1.74. The molecule has 0 bridgehead atoms. The molecule has 0 aliphatic heterocycles. The van der Waals surface area contributed by atoms with Crippen molar-refractivity contribution in [2.24, 2.45) is 0 Å². The lowest BCUT2D eigenvalue weighted by Gasteiger charge is -2.17. The van der Waals surface area contributed by atoms with Gasteiger partial charge in [0.25, 0.3) is 15.9 Å². The largest absolute Gasteiger partial charge is 0.346 e. The second-order valence-corrected chi connectivity index (χ2v) is 9.67. The highest BCUT2D eigenvalue weighted by Crippen LogP contribution is 2.22. The van der Waals surface area contributed by atoms with Gasteiger partial charge in [-0.1, -0.05) is 35.9 Å². The summed E-state index contributed by atoms with van der Waals surface area (Å²) < 4.78 is 27.9. The topological polar surface area (TPSA) is 75.3 Å². The summed E-state index contributed by atoms with van der Waals surface area (Å²) in [5, 5.41) is 3.01. The third kappa shape index (κ3) is 5.33. The van der Waals surface area contributed by atoms with Crippen LogP contribution in [0.25, 0.3) is 0 Å². The number of rotatable bonds is 6. The Morgan fingerprint density at radius 3 is 2.10 bits per heavy atom. The summed E-state index contributed by atoms with van der Waals surface area (Å²) in [5.74, 6) is -0.207. The van der Waals surface area contributed by atoms with E-state index in [0.29, 0.717) is 16.8 Å². The highest BCUT2D eigenvalue weighted by atomic mass is 32.2. The minimum absolute atomic E-state index is 0.146. The quantitative estimate of drug-likeness (QED) is 0.557. The lowest BCUT2D eigenvalue weighted by Crippen LogP contribution is -2.26. The smallest absolute Gasteiger partial charge is 0.261 e. The van der Waals surface area contributed by atoms with Gasteiger partial charge in [0.2, 0.25) is 0 Å². The number of benzene rings is 3. The summed E-state index contributed by atoms with van der Waals surface area (Å²) in [7, 11) is -3.70. The van der Waals surface area contributed by atoms with Crippen LogP contribution in [0.5, 0.6) is 0 Å². The molecule has 1 amide bonds. The summed E-state index contributed by atoms with van der Waals surface area (Å²) in [6.45, 7) is 9.72. The van der Waals surface area contributed by atoms with E-state index >= 15 is 0 Å². The van der Waals surface area contributed by atoms with Crippen LogP contribution in [-0.4, -0.2) is 14.3 Å². The van der Waals surface area contributed by atoms with Crippen LogP contribution in [0.3, 0.4) is 0 Å². The van der Waals surface area contributed by atoms with Gasteiger partial charge in [-0.25, -0.2) is 8.42 Å². The normalized spacial score (nSPS) is 12.3. The van der Waals surface area contributed by atoms with Crippen LogP contribution in [0, 0.1) is 27.7 Å². The summed E-state index contributed by atoms with van der Waals surface area (Å²) in [4.78, 5) is 12.9. The molecule has 0 fully saturated rings. The highest BCUT2D eigenvalue weighted by molar-refractivity contribution is 7.92. The summed E-state index contributed by atoms with van der Waals surface area (Å²) >= 11 is 0. The van der Waals surface area contributed by atoms with E-state index in [1.807, 2.05) is 32.9 Å². The maximum Gasteiger partial charge on any atom is 0.261 e. The SMILES string of the molecule is Cc1ccc(S(=O)(=O)Nc2ccc(C(=O)N[C@H](C)c3ccc(C)c(C)c3)cc2C)cc1. The molecule has 0 radical (unpaired) electrons. The molecule has 0 spiro atoms. The molecule has 2 N–H and O–H groups in total.